The van der Waals surface area contributed by atoms with Crippen molar-refractivity contribution in [2.75, 3.05) is 26.1 Å². The van der Waals surface area contributed by atoms with E-state index in [0.29, 0.717) is 11.5 Å². The summed E-state index contributed by atoms with van der Waals surface area (Å²) in [6.07, 6.45) is -2.93. The lowest BCUT2D eigenvalue weighted by molar-refractivity contribution is -0.118. The molecule has 0 spiro atoms. The molecule has 1 unspecified atom stereocenters. The number of ether oxygens (including phenoxy) is 4. The Morgan fingerprint density at radius 1 is 0.948 bits per heavy atom. The monoisotopic (exact) mass is 832 g/mol. The van der Waals surface area contributed by atoms with Crippen molar-refractivity contribution in [3.8, 4) is 11.5 Å². The predicted molar refractivity (Wildman–Crippen MR) is 221 cm³/mol. The number of nitrogens with one attached hydrogen (secondary N) is 2. The van der Waals surface area contributed by atoms with E-state index in [-0.39, 0.29) is 34.7 Å². The lowest BCUT2D eigenvalue weighted by atomic mass is 9.80. The molecule has 1 aliphatic heterocycles. The van der Waals surface area contributed by atoms with E-state index >= 15 is 0 Å². The molecule has 0 bridgehead atoms. The Labute approximate surface area is 339 Å². The Morgan fingerprint density at radius 3 is 2.03 bits per heavy atom. The molecule has 17 heteroatoms. The van der Waals surface area contributed by atoms with E-state index in [1.165, 1.54) is 10.9 Å². The third-order valence-electron chi connectivity index (χ3n) is 10.8. The van der Waals surface area contributed by atoms with E-state index in [1.807, 2.05) is 78.9 Å². The number of carbonyl (C=O) groups is 1. The first-order valence-electron chi connectivity index (χ1n) is 18.9. The summed E-state index contributed by atoms with van der Waals surface area (Å²) >= 11 is 0. The van der Waals surface area contributed by atoms with E-state index in [2.05, 4.69) is 54.1 Å². The van der Waals surface area contributed by atoms with Gasteiger partial charge in [0.15, 0.2) is 31.8 Å². The summed E-state index contributed by atoms with van der Waals surface area (Å²) in [6.45, 7) is 13.7. The minimum absolute atomic E-state index is 0.0399. The highest BCUT2D eigenvalue weighted by Crippen LogP contribution is 2.47. The van der Waals surface area contributed by atoms with Crippen molar-refractivity contribution in [1.82, 2.24) is 19.5 Å². The number of fused-ring (bicyclic) bond motifs is 1. The maximum absolute atomic E-state index is 13.2. The fraction of sp³-hybridized carbons (Fsp3) is 0.415. The molecule has 58 heavy (non-hydrogen) atoms. The van der Waals surface area contributed by atoms with E-state index < -0.39 is 58.2 Å². The van der Waals surface area contributed by atoms with Crippen LogP contribution in [0.1, 0.15) is 57.5 Å². The van der Waals surface area contributed by atoms with Crippen LogP contribution in [0, 0.1) is 5.92 Å². The minimum atomic E-state index is -3.19. The quantitative estimate of drug-likeness (QED) is 0.0555. The Kier molecular flexibility index (Phi) is 12.7. The largest absolute Gasteiger partial charge is 0.695 e. The molecule has 0 radical (unpaired) electrons. The minimum Gasteiger partial charge on any atom is -0.497 e. The molecule has 15 nitrogen and oxygen atoms in total. The molecule has 3 N–H and O–H groups in total. The molecule has 0 saturated carbocycles. The van der Waals surface area contributed by atoms with Crippen LogP contribution in [-0.4, -0.2) is 77.8 Å². The fourth-order valence-electron chi connectivity index (χ4n) is 6.66. The third-order valence-corrected chi connectivity index (χ3v) is 15.7. The first-order valence-corrected chi connectivity index (χ1v) is 23.0. The number of nitrogens with zero attached hydrogens (tertiary/aromatic N) is 3. The molecule has 1 fully saturated rings. The lowest BCUT2D eigenvalue weighted by Crippen LogP contribution is -2.50. The van der Waals surface area contributed by atoms with Gasteiger partial charge < -0.3 is 23.4 Å². The summed E-state index contributed by atoms with van der Waals surface area (Å²) in [5.74, 6) is 0.475. The van der Waals surface area contributed by atoms with Gasteiger partial charge in [-0.05, 0) is 59.1 Å². The number of carbonyl (C=O) groups excluding carboxylic acids is 1. The number of hydrogen-bond donors (Lipinski definition) is 3. The van der Waals surface area contributed by atoms with Gasteiger partial charge in [-0.1, -0.05) is 89.2 Å². The Hall–Kier alpha value is -4.80. The van der Waals surface area contributed by atoms with Crippen LogP contribution in [0.4, 0.5) is 5.95 Å². The van der Waals surface area contributed by atoms with Crippen molar-refractivity contribution in [1.29, 1.82) is 0 Å². The zero-order valence-corrected chi connectivity index (χ0v) is 36.0. The number of H-pyrrole nitrogens is 1. The van der Waals surface area contributed by atoms with Crippen LogP contribution in [0.5, 0.6) is 11.5 Å². The summed E-state index contributed by atoms with van der Waals surface area (Å²) in [5, 5.41) is 2.34. The second-order valence-corrected chi connectivity index (χ2v) is 21.4. The van der Waals surface area contributed by atoms with Crippen LogP contribution in [0.15, 0.2) is 90.0 Å². The topological polar surface area (TPSA) is 185 Å². The molecule has 3 aromatic carbocycles. The van der Waals surface area contributed by atoms with Crippen LogP contribution in [0.25, 0.3) is 11.2 Å². The average molecular weight is 833 g/mol. The third kappa shape index (κ3) is 8.64. The number of imidazole rings is 1. The summed E-state index contributed by atoms with van der Waals surface area (Å²) in [6, 6.07) is 25.0. The number of benzene rings is 3. The van der Waals surface area contributed by atoms with E-state index in [1.54, 1.807) is 28.1 Å². The van der Waals surface area contributed by atoms with Crippen LogP contribution >= 0.6 is 8.25 Å². The number of aromatic nitrogens is 4. The summed E-state index contributed by atoms with van der Waals surface area (Å²) in [7, 11) is -2.66. The van der Waals surface area contributed by atoms with Gasteiger partial charge in [-0.15, -0.1) is 9.42 Å². The maximum Gasteiger partial charge on any atom is 0.695 e. The molecular weight excluding hydrogens is 782 g/mol. The van der Waals surface area contributed by atoms with Crippen LogP contribution in [-0.2, 0) is 33.4 Å². The lowest BCUT2D eigenvalue weighted by Gasteiger charge is -2.41. The number of anilines is 1. The SMILES string of the molecule is COc1ccc(C(OC[C@H]2O[C@@H](n3cnc4c(=O)[nH]c(NC(=O)C(C)C)nc43)[C@@H](O[P+](=O)O)[C@@H]2O[Si](C)(C)C(C)(C)C)(c2ccccc2)c2ccc(OC)cc2)cc1. The molecule has 6 rings (SSSR count). The number of hydrogen-bond acceptors (Lipinski definition) is 11. The second-order valence-electron chi connectivity index (χ2n) is 15.9. The fourth-order valence-corrected chi connectivity index (χ4v) is 8.41. The van der Waals surface area contributed by atoms with Crippen LogP contribution < -0.4 is 20.3 Å². The van der Waals surface area contributed by atoms with Gasteiger partial charge in [-0.3, -0.25) is 24.5 Å². The number of rotatable bonds is 15. The second kappa shape index (κ2) is 17.2. The van der Waals surface area contributed by atoms with Crippen LogP contribution in [0.3, 0.4) is 0 Å². The highest BCUT2D eigenvalue weighted by Gasteiger charge is 2.56. The van der Waals surface area contributed by atoms with Crippen molar-refractivity contribution in [3.63, 3.8) is 0 Å². The van der Waals surface area contributed by atoms with Gasteiger partial charge in [0.05, 0.1) is 27.2 Å². The standard InChI is InChI=1S/C41H50N5O10PSi/c1-25(2)36(47)44-39-43-35-32(37(48)45-39)42-24-46(35)38-34(55-57(49)50)33(56-58(8,9)40(3,4)5)31(54-38)23-53-41(26-13-11-10-12-14-26,27-15-19-29(51-6)20-16-27)28-17-21-30(52-7)22-18-28/h10-22,24-25,31,33-34,38H,23H2,1-9H3,(H2-,43,44,45,47,48,49,50)/p+1/t31-,33-,34+,38-/m1/s1. The number of aromatic amines is 1. The zero-order chi connectivity index (χ0) is 42.0. The Balaban J connectivity index is 1.51. The van der Waals surface area contributed by atoms with Gasteiger partial charge in [0.25, 0.3) is 5.56 Å². The molecule has 3 heterocycles. The zero-order valence-electron chi connectivity index (χ0n) is 34.1. The first-order chi connectivity index (χ1) is 27.5. The molecule has 0 aliphatic carbocycles. The molecular formula is C41H51N5O10PSi+. The molecule has 1 amide bonds. The Bertz CT molecular complexity index is 2230. The Morgan fingerprint density at radius 2 is 1.52 bits per heavy atom. The highest BCUT2D eigenvalue weighted by atomic mass is 31.1. The normalized spacial score (nSPS) is 19.1. The predicted octanol–water partition coefficient (Wildman–Crippen LogP) is 7.06. The van der Waals surface area contributed by atoms with Gasteiger partial charge in [0, 0.05) is 10.5 Å². The van der Waals surface area contributed by atoms with Gasteiger partial charge in [0.2, 0.25) is 11.9 Å². The molecule has 1 aliphatic rings. The summed E-state index contributed by atoms with van der Waals surface area (Å²) in [5.41, 5.74) is 0.556. The van der Waals surface area contributed by atoms with Gasteiger partial charge >= 0.3 is 8.25 Å². The molecule has 1 saturated heterocycles. The molecule has 308 valence electrons. The number of amides is 1. The van der Waals surface area contributed by atoms with E-state index in [9.17, 15) is 19.0 Å². The van der Waals surface area contributed by atoms with E-state index in [0.717, 1.165) is 16.7 Å². The molecule has 5 aromatic rings. The van der Waals surface area contributed by atoms with Gasteiger partial charge in [0.1, 0.15) is 29.3 Å². The maximum atomic E-state index is 13.2. The van der Waals surface area contributed by atoms with Crippen molar-refractivity contribution in [2.24, 2.45) is 5.92 Å². The average Bonchev–Trinajstić information content (AvgIpc) is 3.76. The number of methoxy groups -OCH3 is 2. The molecule has 5 atom stereocenters. The van der Waals surface area contributed by atoms with Crippen molar-refractivity contribution in [3.05, 3.63) is 112 Å². The molecule has 2 aromatic heterocycles. The van der Waals surface area contributed by atoms with E-state index in [4.69, 9.17) is 27.9 Å². The van der Waals surface area contributed by atoms with Gasteiger partial charge in [-0.25, -0.2) is 4.98 Å². The van der Waals surface area contributed by atoms with Crippen molar-refractivity contribution >= 4 is 39.6 Å². The highest BCUT2D eigenvalue weighted by molar-refractivity contribution is 7.32. The van der Waals surface area contributed by atoms with Crippen LogP contribution in [0.2, 0.25) is 18.1 Å². The first kappa shape index (κ1) is 42.8. The summed E-state index contributed by atoms with van der Waals surface area (Å²) in [4.78, 5) is 47.6. The van der Waals surface area contributed by atoms with Crippen molar-refractivity contribution in [2.45, 2.75) is 82.9 Å². The van der Waals surface area contributed by atoms with Crippen molar-refractivity contribution < 1.29 is 42.2 Å². The van der Waals surface area contributed by atoms with Gasteiger partial charge in [-0.2, -0.15) is 4.98 Å². The smallest absolute Gasteiger partial charge is 0.497 e. The summed E-state index contributed by atoms with van der Waals surface area (Å²) < 4.78 is 52.1.